The Kier molecular flexibility index (Phi) is 24.3. The standard InChI is InChI=1S/C37H48F3N3O10S.C37H46F3N3O10S/c2*1-8-22-18-36(22,33(47)42-54(48,49)53-23-9-10-23)19-29(44)28-16-25(51-31-26-12-11-24(50-7)15-21(26)13-14-41-31)20-43(28)32(46)27(34(2,3)4)17-30(45)52-35(5,6)37(38,39)40/h11-15,22-23,25,27-28H,8-10,16-20H2,1-7H3,(H,42,47);8,11-15,22-23,25,27-28H,1,9-10,16-20H2,2-7H3,(H,42,47)/t2*22-,25-,27-,28+,36-/m11/s1. The number of hydrogen-bond acceptors (Lipinski definition) is 22. The Morgan fingerprint density at radius 1 is 0.574 bits per heavy atom. The molecule has 6 fully saturated rings. The second-order valence-electron chi connectivity index (χ2n) is 31.9. The van der Waals surface area contributed by atoms with E-state index in [2.05, 4.69) is 16.5 Å². The number of nitrogens with zero attached hydrogens (tertiary/aromatic N) is 4. The molecule has 4 aliphatic carbocycles. The average Bonchev–Trinajstić information content (AvgIpc) is 1.58. The lowest BCUT2D eigenvalue weighted by atomic mass is 9.77. The van der Waals surface area contributed by atoms with Crippen molar-refractivity contribution >= 4 is 89.3 Å². The van der Waals surface area contributed by atoms with E-state index in [1.807, 2.05) is 16.4 Å². The summed E-state index contributed by atoms with van der Waals surface area (Å²) in [7, 11) is -5.83. The smallest absolute Gasteiger partial charge is 0.427 e. The number of ketones is 2. The molecule has 2 aliphatic heterocycles. The molecule has 4 saturated carbocycles. The van der Waals surface area contributed by atoms with Gasteiger partial charge >= 0.3 is 44.9 Å². The quantitative estimate of drug-likeness (QED) is 0.0278. The van der Waals surface area contributed by atoms with E-state index in [1.165, 1.54) is 42.5 Å². The molecule has 0 unspecified atom stereocenters. The van der Waals surface area contributed by atoms with Crippen molar-refractivity contribution in [2.45, 2.75) is 220 Å². The van der Waals surface area contributed by atoms with E-state index in [9.17, 15) is 81.5 Å². The first-order chi connectivity index (χ1) is 50.0. The van der Waals surface area contributed by atoms with E-state index in [0.29, 0.717) is 82.1 Å². The van der Waals surface area contributed by atoms with E-state index in [-0.39, 0.29) is 56.5 Å². The number of hydrogen-bond donors (Lipinski definition) is 2. The minimum Gasteiger partial charge on any atom is -0.497 e. The number of ether oxygens (including phenoxy) is 6. The van der Waals surface area contributed by atoms with Gasteiger partial charge in [-0.25, -0.2) is 19.4 Å². The van der Waals surface area contributed by atoms with Gasteiger partial charge in [0.25, 0.3) is 0 Å². The highest BCUT2D eigenvalue weighted by Crippen LogP contribution is 2.59. The van der Waals surface area contributed by atoms with Crippen molar-refractivity contribution < 1.29 is 118 Å². The number of halogens is 6. The Hall–Kier alpha value is -8.24. The zero-order valence-electron chi connectivity index (χ0n) is 62.5. The van der Waals surface area contributed by atoms with E-state index in [4.69, 9.17) is 36.8 Å². The second-order valence-corrected chi connectivity index (χ2v) is 34.5. The topological polar surface area (TPSA) is 335 Å². The third-order valence-electron chi connectivity index (χ3n) is 20.8. The van der Waals surface area contributed by atoms with Crippen LogP contribution in [0.2, 0.25) is 0 Å². The van der Waals surface area contributed by atoms with Gasteiger partial charge in [-0.1, -0.05) is 61.0 Å². The zero-order valence-corrected chi connectivity index (χ0v) is 64.1. The van der Waals surface area contributed by atoms with Crippen LogP contribution in [0.25, 0.3) is 21.5 Å². The molecule has 108 heavy (non-hydrogen) atoms. The third kappa shape index (κ3) is 19.7. The SMILES string of the molecule is C=C[C@@H]1C[C@]1(CC(=O)[C@@H]1C[C@@H](Oc2nccc3cc(OC)ccc23)CN1C(=O)[C@@H](CC(=O)OC(C)(C)C(F)(F)F)C(C)(C)C)C(=O)NS(=O)(=O)OC1CC1.CC[C@@H]1C[C@]1(CC(=O)[C@@H]1C[C@@H](Oc2nccc3cc(OC)ccc23)CN1C(=O)[C@@H](CC(=O)OC(C)(C)C(F)(F)F)C(C)(C)C)C(=O)NS(=O)(=O)OC1CC1. The highest BCUT2D eigenvalue weighted by molar-refractivity contribution is 7.85. The molecule has 4 amide bonds. The van der Waals surface area contributed by atoms with Gasteiger partial charge in [0.1, 0.15) is 23.7 Å². The van der Waals surface area contributed by atoms with Gasteiger partial charge in [-0.3, -0.25) is 46.7 Å². The number of methoxy groups -OCH3 is 2. The predicted molar refractivity (Wildman–Crippen MR) is 376 cm³/mol. The molecule has 2 aromatic heterocycles. The predicted octanol–water partition coefficient (Wildman–Crippen LogP) is 10.7. The molecule has 594 valence electrons. The van der Waals surface area contributed by atoms with Crippen molar-refractivity contribution in [3.63, 3.8) is 0 Å². The second kappa shape index (κ2) is 31.3. The molecular formula is C74H94F6N6O20S2. The molecule has 26 nitrogen and oxygen atoms in total. The van der Waals surface area contributed by atoms with Crippen LogP contribution in [-0.2, 0) is 76.8 Å². The minimum absolute atomic E-state index is 0.0429. The third-order valence-corrected chi connectivity index (χ3v) is 22.8. The van der Waals surface area contributed by atoms with Crippen molar-refractivity contribution in [3.8, 4) is 23.3 Å². The summed E-state index contributed by atoms with van der Waals surface area (Å²) in [6.07, 6.45) is -7.35. The number of nitrogens with one attached hydrogen (secondary N) is 2. The number of likely N-dealkylation sites (tertiary alicyclic amines) is 2. The summed E-state index contributed by atoms with van der Waals surface area (Å²) in [5.74, 6) is -8.55. The van der Waals surface area contributed by atoms with Gasteiger partial charge in [0, 0.05) is 48.8 Å². The Labute approximate surface area is 623 Å². The number of amides is 4. The van der Waals surface area contributed by atoms with Gasteiger partial charge < -0.3 is 38.2 Å². The van der Waals surface area contributed by atoms with Gasteiger partial charge in [0.05, 0.1) is 87.1 Å². The van der Waals surface area contributed by atoms with E-state index in [1.54, 1.807) is 90.1 Å². The van der Waals surface area contributed by atoms with Crippen LogP contribution in [0.4, 0.5) is 26.3 Å². The minimum atomic E-state index is -4.88. The Morgan fingerprint density at radius 2 is 0.954 bits per heavy atom. The summed E-state index contributed by atoms with van der Waals surface area (Å²) in [5.41, 5.74) is -10.5. The lowest BCUT2D eigenvalue weighted by Gasteiger charge is -2.35. The van der Waals surface area contributed by atoms with E-state index < -0.39 is 193 Å². The van der Waals surface area contributed by atoms with Crippen molar-refractivity contribution in [1.82, 2.24) is 29.2 Å². The fraction of sp³-hybridized carbons (Fsp3) is 0.622. The molecule has 0 radical (unpaired) electrons. The lowest BCUT2D eigenvalue weighted by molar-refractivity contribution is -0.257. The first-order valence-electron chi connectivity index (χ1n) is 35.6. The van der Waals surface area contributed by atoms with Gasteiger partial charge in [0.2, 0.25) is 46.6 Å². The summed E-state index contributed by atoms with van der Waals surface area (Å²) in [6.45, 7) is 17.9. The van der Waals surface area contributed by atoms with Gasteiger partial charge in [0.15, 0.2) is 11.6 Å². The number of pyridine rings is 2. The van der Waals surface area contributed by atoms with Crippen LogP contribution >= 0.6 is 0 Å². The molecule has 0 spiro atoms. The molecule has 4 aromatic rings. The van der Waals surface area contributed by atoms with Crippen molar-refractivity contribution in [2.24, 2.45) is 45.3 Å². The highest BCUT2D eigenvalue weighted by atomic mass is 32.2. The van der Waals surface area contributed by atoms with E-state index in [0.717, 1.165) is 10.8 Å². The van der Waals surface area contributed by atoms with Crippen LogP contribution in [-0.4, -0.2) is 171 Å². The maximum Gasteiger partial charge on any atom is 0.427 e. The number of carbonyl (C=O) groups excluding carboxylic acids is 8. The highest BCUT2D eigenvalue weighted by Gasteiger charge is 2.64. The largest absolute Gasteiger partial charge is 0.497 e. The van der Waals surface area contributed by atoms with E-state index >= 15 is 0 Å². The molecule has 6 aliphatic rings. The van der Waals surface area contributed by atoms with Crippen molar-refractivity contribution in [3.05, 3.63) is 73.6 Å². The maximum absolute atomic E-state index is 14.5. The Bertz CT molecular complexity index is 4360. The Balaban J connectivity index is 0.000000249. The fourth-order valence-corrected chi connectivity index (χ4v) is 15.7. The zero-order chi connectivity index (χ0) is 80.0. The number of Topliss-reactive ketones (excluding diaryl/α,β-unsaturated/α-hetero) is 2. The number of esters is 2. The number of allylic oxidation sites excluding steroid dienone is 1. The molecule has 10 rings (SSSR count). The number of carbonyl (C=O) groups is 8. The molecular weight excluding hydrogens is 1470 g/mol. The molecule has 10 atom stereocenters. The van der Waals surface area contributed by atoms with Crippen LogP contribution < -0.4 is 28.4 Å². The first kappa shape index (κ1) is 83.8. The summed E-state index contributed by atoms with van der Waals surface area (Å²) in [5, 5.41) is 2.73. The lowest BCUT2D eigenvalue weighted by Crippen LogP contribution is -2.49. The molecule has 34 heteroatoms. The van der Waals surface area contributed by atoms with Crippen LogP contribution in [0.5, 0.6) is 23.3 Å². The average molecular weight is 1570 g/mol. The summed E-state index contributed by atoms with van der Waals surface area (Å²) in [4.78, 5) is 122. The van der Waals surface area contributed by atoms with Crippen LogP contribution in [0.1, 0.15) is 160 Å². The van der Waals surface area contributed by atoms with Gasteiger partial charge in [-0.05, 0) is 148 Å². The fourth-order valence-electron chi connectivity index (χ4n) is 13.6. The van der Waals surface area contributed by atoms with Gasteiger partial charge in [-0.2, -0.15) is 43.2 Å². The first-order valence-corrected chi connectivity index (χ1v) is 38.4. The molecule has 0 bridgehead atoms. The van der Waals surface area contributed by atoms with Crippen molar-refractivity contribution in [2.75, 3.05) is 27.3 Å². The molecule has 4 heterocycles. The van der Waals surface area contributed by atoms with Gasteiger partial charge in [-0.15, -0.1) is 6.58 Å². The van der Waals surface area contributed by atoms with Crippen LogP contribution in [0.15, 0.2) is 73.6 Å². The number of alkyl halides is 6. The normalized spacial score (nSPS) is 23.8. The molecule has 2 aromatic carbocycles. The molecule has 2 saturated heterocycles. The van der Waals surface area contributed by atoms with Crippen LogP contribution in [0, 0.1) is 45.3 Å². The number of benzene rings is 2. The summed E-state index contributed by atoms with van der Waals surface area (Å²) >= 11 is 0. The number of rotatable bonds is 30. The van der Waals surface area contributed by atoms with Crippen molar-refractivity contribution in [1.29, 1.82) is 0 Å². The monoisotopic (exact) mass is 1560 g/mol. The van der Waals surface area contributed by atoms with Crippen LogP contribution in [0.3, 0.4) is 0 Å². The summed E-state index contributed by atoms with van der Waals surface area (Å²) in [6, 6.07) is 11.6. The number of fused-ring (bicyclic) bond motifs is 2. The number of aromatic nitrogens is 2. The molecule has 2 N–H and O–H groups in total. The Morgan fingerprint density at radius 3 is 1.28 bits per heavy atom. The maximum atomic E-state index is 14.5. The summed E-state index contributed by atoms with van der Waals surface area (Å²) < 4.78 is 178.